The summed E-state index contributed by atoms with van der Waals surface area (Å²) in [4.78, 5) is 0. The molecule has 0 aromatic heterocycles. The maximum atomic E-state index is 10.9. The van der Waals surface area contributed by atoms with E-state index in [1.165, 1.54) is 38.2 Å². The Kier molecular flexibility index (Phi) is 3.50. The Morgan fingerprint density at radius 3 is 1.81 bits per heavy atom. The van der Waals surface area contributed by atoms with Crippen molar-refractivity contribution in [1.29, 1.82) is 5.26 Å². The summed E-state index contributed by atoms with van der Waals surface area (Å²) in [6, 6.07) is 41.9. The standard InChI is InChI=1S/C31H21N/c32-19-31(23-13-5-2-6-14-23)29(22-9-3-1-4-10-22)28-24-15-7-11-20-17-18-21-12-8-16-25(30(28)31)27(21)26(20)24/h1-18,28-30H/t28-,29-,30-,31+/m1/s1. The van der Waals surface area contributed by atoms with Crippen molar-refractivity contribution < 1.29 is 0 Å². The number of hydrogen-bond acceptors (Lipinski definition) is 1. The van der Waals surface area contributed by atoms with Crippen LogP contribution in [0.5, 0.6) is 0 Å². The smallest absolute Gasteiger partial charge is 0.0971 e. The van der Waals surface area contributed by atoms with E-state index in [1.54, 1.807) is 0 Å². The van der Waals surface area contributed by atoms with Crippen molar-refractivity contribution in [1.82, 2.24) is 0 Å². The third-order valence-electron chi connectivity index (χ3n) is 7.94. The van der Waals surface area contributed by atoms with Gasteiger partial charge in [0, 0.05) is 17.8 Å². The molecule has 0 bridgehead atoms. The van der Waals surface area contributed by atoms with Gasteiger partial charge in [0.2, 0.25) is 0 Å². The first-order valence-corrected chi connectivity index (χ1v) is 11.3. The van der Waals surface area contributed by atoms with Crippen LogP contribution < -0.4 is 0 Å². The molecule has 0 spiro atoms. The average molecular weight is 408 g/mol. The van der Waals surface area contributed by atoms with Crippen molar-refractivity contribution in [2.24, 2.45) is 0 Å². The second-order valence-electron chi connectivity index (χ2n) is 9.19. The van der Waals surface area contributed by atoms with Crippen LogP contribution >= 0.6 is 0 Å². The van der Waals surface area contributed by atoms with Crippen LogP contribution in [0.15, 0.2) is 109 Å². The van der Waals surface area contributed by atoms with Crippen molar-refractivity contribution in [2.75, 3.05) is 0 Å². The van der Waals surface area contributed by atoms with Gasteiger partial charge >= 0.3 is 0 Å². The molecule has 150 valence electrons. The fraction of sp³-hybridized carbons (Fsp3) is 0.129. The van der Waals surface area contributed by atoms with E-state index in [4.69, 9.17) is 0 Å². The molecule has 0 amide bonds. The molecule has 2 aliphatic rings. The van der Waals surface area contributed by atoms with Gasteiger partial charge in [-0.15, -0.1) is 0 Å². The number of hydrogen-bond donors (Lipinski definition) is 0. The van der Waals surface area contributed by atoms with E-state index in [2.05, 4.69) is 109 Å². The summed E-state index contributed by atoms with van der Waals surface area (Å²) in [6.45, 7) is 0. The lowest BCUT2D eigenvalue weighted by Crippen LogP contribution is -2.55. The molecular weight excluding hydrogens is 386 g/mol. The van der Waals surface area contributed by atoms with Gasteiger partial charge in [-0.25, -0.2) is 0 Å². The summed E-state index contributed by atoms with van der Waals surface area (Å²) >= 11 is 0. The van der Waals surface area contributed by atoms with Crippen LogP contribution in [0.25, 0.3) is 21.5 Å². The molecule has 0 N–H and O–H groups in total. The average Bonchev–Trinajstić information content (AvgIpc) is 2.85. The van der Waals surface area contributed by atoms with Crippen LogP contribution in [0.3, 0.4) is 0 Å². The highest BCUT2D eigenvalue weighted by molar-refractivity contribution is 6.13. The number of nitrogens with zero attached hydrogens (tertiary/aromatic N) is 1. The molecule has 2 aliphatic carbocycles. The van der Waals surface area contributed by atoms with Gasteiger partial charge in [0.05, 0.1) is 11.5 Å². The molecule has 5 aromatic carbocycles. The molecule has 32 heavy (non-hydrogen) atoms. The van der Waals surface area contributed by atoms with E-state index < -0.39 is 5.41 Å². The fourth-order valence-electron chi connectivity index (χ4n) is 6.79. The van der Waals surface area contributed by atoms with Gasteiger partial charge in [0.15, 0.2) is 0 Å². The van der Waals surface area contributed by atoms with Crippen LogP contribution in [-0.4, -0.2) is 0 Å². The maximum absolute atomic E-state index is 10.9. The van der Waals surface area contributed by atoms with Gasteiger partial charge in [-0.1, -0.05) is 109 Å². The highest BCUT2D eigenvalue weighted by atomic mass is 14.7. The Labute approximate surface area is 187 Å². The number of rotatable bonds is 2. The first-order chi connectivity index (χ1) is 15.8. The normalized spacial score (nSPS) is 25.3. The van der Waals surface area contributed by atoms with Gasteiger partial charge in [0.1, 0.15) is 0 Å². The van der Waals surface area contributed by atoms with E-state index in [0.717, 1.165) is 5.56 Å². The summed E-state index contributed by atoms with van der Waals surface area (Å²) in [5, 5.41) is 16.2. The van der Waals surface area contributed by atoms with Gasteiger partial charge in [0.25, 0.3) is 0 Å². The molecular formula is C31H21N. The monoisotopic (exact) mass is 407 g/mol. The highest BCUT2D eigenvalue weighted by Crippen LogP contribution is 2.72. The Morgan fingerprint density at radius 2 is 1.16 bits per heavy atom. The Bertz CT molecular complexity index is 1540. The molecule has 0 saturated heterocycles. The van der Waals surface area contributed by atoms with Gasteiger partial charge in [-0.2, -0.15) is 5.26 Å². The van der Waals surface area contributed by atoms with E-state index in [9.17, 15) is 5.26 Å². The van der Waals surface area contributed by atoms with Gasteiger partial charge in [-0.05, 0) is 43.8 Å². The second-order valence-corrected chi connectivity index (χ2v) is 9.19. The Morgan fingerprint density at radius 1 is 0.562 bits per heavy atom. The van der Waals surface area contributed by atoms with Crippen LogP contribution in [0.4, 0.5) is 0 Å². The lowest BCUT2D eigenvalue weighted by Gasteiger charge is -2.60. The van der Waals surface area contributed by atoms with E-state index >= 15 is 0 Å². The third kappa shape index (κ3) is 2.03. The minimum Gasteiger partial charge on any atom is -0.197 e. The van der Waals surface area contributed by atoms with Crippen LogP contribution in [0, 0.1) is 11.3 Å². The topological polar surface area (TPSA) is 23.8 Å². The lowest BCUT2D eigenvalue weighted by molar-refractivity contribution is 0.160. The predicted octanol–water partition coefficient (Wildman–Crippen LogP) is 7.43. The van der Waals surface area contributed by atoms with E-state index in [-0.39, 0.29) is 17.8 Å². The molecule has 1 saturated carbocycles. The summed E-state index contributed by atoms with van der Waals surface area (Å²) in [5.74, 6) is 0.515. The highest BCUT2D eigenvalue weighted by Gasteiger charge is 2.66. The zero-order chi connectivity index (χ0) is 21.3. The zero-order valence-electron chi connectivity index (χ0n) is 17.6. The minimum absolute atomic E-state index is 0.107. The molecule has 0 aliphatic heterocycles. The molecule has 1 nitrogen and oxygen atoms in total. The Balaban J connectivity index is 1.63. The number of benzene rings is 5. The molecule has 0 heterocycles. The van der Waals surface area contributed by atoms with Crippen molar-refractivity contribution in [2.45, 2.75) is 23.2 Å². The van der Waals surface area contributed by atoms with Gasteiger partial charge in [-0.3, -0.25) is 0 Å². The summed E-state index contributed by atoms with van der Waals surface area (Å²) in [7, 11) is 0. The van der Waals surface area contributed by atoms with Crippen molar-refractivity contribution in [3.63, 3.8) is 0 Å². The SMILES string of the molecule is N#C[C@]1(c2ccccc2)[C@H](c2ccccc2)[C@H]2c3cccc4ccc5cccc(c5c34)[C@H]21. The van der Waals surface area contributed by atoms with Crippen molar-refractivity contribution >= 4 is 21.5 Å². The van der Waals surface area contributed by atoms with E-state index in [1.807, 2.05) is 6.07 Å². The molecule has 0 radical (unpaired) electrons. The predicted molar refractivity (Wildman–Crippen MR) is 130 cm³/mol. The minimum atomic E-state index is -0.600. The lowest BCUT2D eigenvalue weighted by atomic mass is 9.39. The van der Waals surface area contributed by atoms with Crippen LogP contribution in [0.1, 0.15) is 40.0 Å². The zero-order valence-corrected chi connectivity index (χ0v) is 17.6. The number of fused-ring (bicyclic) bond motifs is 3. The molecule has 0 unspecified atom stereocenters. The summed E-state index contributed by atoms with van der Waals surface area (Å²) < 4.78 is 0. The van der Waals surface area contributed by atoms with Crippen molar-refractivity contribution in [3.05, 3.63) is 131 Å². The third-order valence-corrected chi connectivity index (χ3v) is 7.94. The molecule has 1 fully saturated rings. The first-order valence-electron chi connectivity index (χ1n) is 11.3. The Hall–Kier alpha value is -3.89. The van der Waals surface area contributed by atoms with Crippen molar-refractivity contribution in [3.8, 4) is 6.07 Å². The second kappa shape index (κ2) is 6.31. The fourth-order valence-corrected chi connectivity index (χ4v) is 6.79. The van der Waals surface area contributed by atoms with Crippen LogP contribution in [-0.2, 0) is 5.41 Å². The largest absolute Gasteiger partial charge is 0.197 e. The molecule has 5 aromatic rings. The van der Waals surface area contributed by atoms with E-state index in [0.29, 0.717) is 0 Å². The molecule has 1 heteroatoms. The quantitative estimate of drug-likeness (QED) is 0.279. The van der Waals surface area contributed by atoms with Gasteiger partial charge < -0.3 is 0 Å². The number of nitriles is 1. The first kappa shape index (κ1) is 17.8. The van der Waals surface area contributed by atoms with Crippen LogP contribution in [0.2, 0.25) is 0 Å². The summed E-state index contributed by atoms with van der Waals surface area (Å²) in [5.41, 5.74) is 4.50. The maximum Gasteiger partial charge on any atom is 0.0971 e. The summed E-state index contributed by atoms with van der Waals surface area (Å²) in [6.07, 6.45) is 0. The molecule has 7 rings (SSSR count). The molecule has 4 atom stereocenters.